The van der Waals surface area contributed by atoms with Crippen LogP contribution in [0.15, 0.2) is 0 Å². The van der Waals surface area contributed by atoms with E-state index in [4.69, 9.17) is 5.73 Å². The van der Waals surface area contributed by atoms with Crippen LogP contribution in [0.1, 0.15) is 59.3 Å². The third-order valence-corrected chi connectivity index (χ3v) is 2.39. The molecule has 0 spiro atoms. The normalized spacial score (nSPS) is 21.0. The zero-order valence-corrected chi connectivity index (χ0v) is 8.97. The molecule has 74 valence electrons. The molecule has 0 aliphatic heterocycles. The number of nitrogens with two attached hydrogens (primary N) is 1. The highest BCUT2D eigenvalue weighted by Gasteiger charge is 2.16. The van der Waals surface area contributed by atoms with Crippen LogP contribution in [0, 0.1) is 5.92 Å². The molecule has 0 aromatic rings. The van der Waals surface area contributed by atoms with Crippen LogP contribution in [-0.4, -0.2) is 6.04 Å². The fourth-order valence-electron chi connectivity index (χ4n) is 1.66. The van der Waals surface area contributed by atoms with Gasteiger partial charge in [-0.2, -0.15) is 0 Å². The van der Waals surface area contributed by atoms with Gasteiger partial charge in [-0.25, -0.2) is 0 Å². The van der Waals surface area contributed by atoms with Gasteiger partial charge in [-0.3, -0.25) is 0 Å². The molecule has 12 heavy (non-hydrogen) atoms. The molecule has 1 unspecified atom stereocenters. The van der Waals surface area contributed by atoms with Crippen LogP contribution in [0.4, 0.5) is 0 Å². The molecule has 0 heterocycles. The summed E-state index contributed by atoms with van der Waals surface area (Å²) in [6, 6.07) is 0.435. The Morgan fingerprint density at radius 2 is 1.58 bits per heavy atom. The van der Waals surface area contributed by atoms with Gasteiger partial charge in [0.25, 0.3) is 0 Å². The summed E-state index contributed by atoms with van der Waals surface area (Å²) in [5, 5.41) is 0. The summed E-state index contributed by atoms with van der Waals surface area (Å²) in [6.07, 6.45) is 8.25. The fraction of sp³-hybridized carbons (Fsp3) is 1.00. The van der Waals surface area contributed by atoms with Crippen LogP contribution in [-0.2, 0) is 0 Å². The lowest BCUT2D eigenvalue weighted by atomic mass is 9.85. The molecule has 0 radical (unpaired) electrons. The van der Waals surface area contributed by atoms with Gasteiger partial charge < -0.3 is 5.73 Å². The SMILES string of the molecule is CC(N)C1CCCCC1.CCC. The number of rotatable bonds is 1. The summed E-state index contributed by atoms with van der Waals surface area (Å²) in [7, 11) is 0. The van der Waals surface area contributed by atoms with Crippen LogP contribution >= 0.6 is 0 Å². The molecule has 1 atom stereocenters. The fourth-order valence-corrected chi connectivity index (χ4v) is 1.66. The van der Waals surface area contributed by atoms with E-state index in [0.29, 0.717) is 6.04 Å². The van der Waals surface area contributed by atoms with Crippen LogP contribution < -0.4 is 5.73 Å². The smallest absolute Gasteiger partial charge is 0.00387 e. The van der Waals surface area contributed by atoms with Crippen molar-refractivity contribution in [1.29, 1.82) is 0 Å². The van der Waals surface area contributed by atoms with Gasteiger partial charge in [-0.1, -0.05) is 39.5 Å². The van der Waals surface area contributed by atoms with Gasteiger partial charge in [-0.05, 0) is 25.7 Å². The topological polar surface area (TPSA) is 26.0 Å². The van der Waals surface area contributed by atoms with E-state index in [0.717, 1.165) is 5.92 Å². The Kier molecular flexibility index (Phi) is 7.58. The molecule has 1 saturated carbocycles. The van der Waals surface area contributed by atoms with Crippen molar-refractivity contribution in [2.45, 2.75) is 65.3 Å². The van der Waals surface area contributed by atoms with Crippen LogP contribution in [0.3, 0.4) is 0 Å². The molecule has 0 saturated heterocycles. The third-order valence-electron chi connectivity index (χ3n) is 2.39. The highest BCUT2D eigenvalue weighted by molar-refractivity contribution is 4.72. The summed E-state index contributed by atoms with van der Waals surface area (Å²) in [4.78, 5) is 0. The highest BCUT2D eigenvalue weighted by atomic mass is 14.6. The molecule has 0 aromatic heterocycles. The molecule has 1 aliphatic carbocycles. The van der Waals surface area contributed by atoms with Gasteiger partial charge in [0, 0.05) is 6.04 Å². The summed E-state index contributed by atoms with van der Waals surface area (Å²) < 4.78 is 0. The third kappa shape index (κ3) is 5.59. The second-order valence-electron chi connectivity index (χ2n) is 3.96. The Morgan fingerprint density at radius 3 is 1.83 bits per heavy atom. The Balaban J connectivity index is 0.000000354. The van der Waals surface area contributed by atoms with E-state index in [1.807, 2.05) is 0 Å². The lowest BCUT2D eigenvalue weighted by molar-refractivity contribution is 0.316. The van der Waals surface area contributed by atoms with Crippen molar-refractivity contribution in [2.24, 2.45) is 11.7 Å². The molecule has 1 rings (SSSR count). The van der Waals surface area contributed by atoms with E-state index < -0.39 is 0 Å². The molecule has 1 aliphatic rings. The maximum Gasteiger partial charge on any atom is 0.00387 e. The minimum absolute atomic E-state index is 0.435. The van der Waals surface area contributed by atoms with E-state index in [9.17, 15) is 0 Å². The molecule has 1 fully saturated rings. The standard InChI is InChI=1S/C8H17N.C3H8/c1-7(9)8-5-3-2-4-6-8;1-3-2/h7-8H,2-6,9H2,1H3;3H2,1-2H3. The predicted octanol–water partition coefficient (Wildman–Crippen LogP) is 3.33. The molecule has 0 amide bonds. The summed E-state index contributed by atoms with van der Waals surface area (Å²) >= 11 is 0. The van der Waals surface area contributed by atoms with Crippen molar-refractivity contribution < 1.29 is 0 Å². The Labute approximate surface area is 77.7 Å². The second-order valence-corrected chi connectivity index (χ2v) is 3.96. The van der Waals surface area contributed by atoms with E-state index in [-0.39, 0.29) is 0 Å². The maximum absolute atomic E-state index is 5.77. The largest absolute Gasteiger partial charge is 0.328 e. The van der Waals surface area contributed by atoms with Crippen LogP contribution in [0.2, 0.25) is 0 Å². The number of hydrogen-bond acceptors (Lipinski definition) is 1. The molecule has 0 bridgehead atoms. The Hall–Kier alpha value is -0.0400. The van der Waals surface area contributed by atoms with E-state index in [2.05, 4.69) is 20.8 Å². The molecular weight excluding hydrogens is 146 g/mol. The quantitative estimate of drug-likeness (QED) is 0.643. The summed E-state index contributed by atoms with van der Waals surface area (Å²) in [6.45, 7) is 6.38. The lowest BCUT2D eigenvalue weighted by Crippen LogP contribution is -2.27. The molecule has 0 aromatic carbocycles. The van der Waals surface area contributed by atoms with Gasteiger partial charge >= 0.3 is 0 Å². The highest BCUT2D eigenvalue weighted by Crippen LogP contribution is 2.25. The first-order valence-electron chi connectivity index (χ1n) is 5.47. The van der Waals surface area contributed by atoms with Crippen molar-refractivity contribution >= 4 is 0 Å². The van der Waals surface area contributed by atoms with Crippen molar-refractivity contribution in [3.8, 4) is 0 Å². The van der Waals surface area contributed by atoms with E-state index >= 15 is 0 Å². The van der Waals surface area contributed by atoms with Crippen molar-refractivity contribution in [3.63, 3.8) is 0 Å². The van der Waals surface area contributed by atoms with Gasteiger partial charge in [0.05, 0.1) is 0 Å². The first kappa shape index (κ1) is 12.0. The van der Waals surface area contributed by atoms with Crippen molar-refractivity contribution in [1.82, 2.24) is 0 Å². The molecule has 1 nitrogen and oxygen atoms in total. The van der Waals surface area contributed by atoms with E-state index in [1.165, 1.54) is 38.5 Å². The Bertz CT molecular complexity index is 83.0. The molecule has 2 N–H and O–H groups in total. The van der Waals surface area contributed by atoms with Gasteiger partial charge in [-0.15, -0.1) is 0 Å². The zero-order valence-electron chi connectivity index (χ0n) is 8.97. The van der Waals surface area contributed by atoms with E-state index in [1.54, 1.807) is 0 Å². The van der Waals surface area contributed by atoms with Crippen molar-refractivity contribution in [2.75, 3.05) is 0 Å². The monoisotopic (exact) mass is 171 g/mol. The lowest BCUT2D eigenvalue weighted by Gasteiger charge is -2.24. The summed E-state index contributed by atoms with van der Waals surface area (Å²) in [5.74, 6) is 0.832. The van der Waals surface area contributed by atoms with Crippen LogP contribution in [0.5, 0.6) is 0 Å². The second kappa shape index (κ2) is 7.60. The zero-order chi connectivity index (χ0) is 9.40. The maximum atomic E-state index is 5.77. The van der Waals surface area contributed by atoms with Gasteiger partial charge in [0.15, 0.2) is 0 Å². The Morgan fingerprint density at radius 1 is 1.17 bits per heavy atom. The minimum Gasteiger partial charge on any atom is -0.328 e. The van der Waals surface area contributed by atoms with Gasteiger partial charge in [0.2, 0.25) is 0 Å². The first-order valence-corrected chi connectivity index (χ1v) is 5.47. The first-order chi connectivity index (χ1) is 5.72. The average molecular weight is 171 g/mol. The van der Waals surface area contributed by atoms with Crippen molar-refractivity contribution in [3.05, 3.63) is 0 Å². The minimum atomic E-state index is 0.435. The number of hydrogen-bond donors (Lipinski definition) is 1. The molecule has 1 heteroatoms. The average Bonchev–Trinajstić information content (AvgIpc) is 2.07. The summed E-state index contributed by atoms with van der Waals surface area (Å²) in [5.41, 5.74) is 5.77. The predicted molar refractivity (Wildman–Crippen MR) is 56.2 cm³/mol. The molecular formula is C11H25N. The van der Waals surface area contributed by atoms with Crippen LogP contribution in [0.25, 0.3) is 0 Å². The van der Waals surface area contributed by atoms with Gasteiger partial charge in [0.1, 0.15) is 0 Å².